The van der Waals surface area contributed by atoms with Crippen LogP contribution in [-0.4, -0.2) is 22.6 Å². The molecule has 0 bridgehead atoms. The molecule has 4 aromatic rings. The Bertz CT molecular complexity index is 1300. The van der Waals surface area contributed by atoms with E-state index in [-0.39, 0.29) is 12.1 Å². The molecular formula is C23H18FN3O3. The Balaban J connectivity index is 1.81. The van der Waals surface area contributed by atoms with Crippen LogP contribution in [0.25, 0.3) is 11.0 Å². The summed E-state index contributed by atoms with van der Waals surface area (Å²) in [6, 6.07) is 18.1. The van der Waals surface area contributed by atoms with Gasteiger partial charge in [0, 0.05) is 17.1 Å². The maximum Gasteiger partial charge on any atom is 0.265 e. The van der Waals surface area contributed by atoms with Gasteiger partial charge in [0.05, 0.1) is 19.3 Å². The van der Waals surface area contributed by atoms with Crippen molar-refractivity contribution in [3.8, 4) is 5.75 Å². The molecule has 2 aromatic heterocycles. The SMILES string of the molecule is COc1ccccc1NC(=O)c1cc2cccnc2n(Cc2ccccc2F)c1=O. The number of nitrogens with zero attached hydrogens (tertiary/aromatic N) is 2. The first-order valence-corrected chi connectivity index (χ1v) is 9.25. The van der Waals surface area contributed by atoms with Gasteiger partial charge in [0.2, 0.25) is 0 Å². The molecule has 0 aliphatic heterocycles. The van der Waals surface area contributed by atoms with Crippen LogP contribution in [0.1, 0.15) is 15.9 Å². The quantitative estimate of drug-likeness (QED) is 0.549. The lowest BCUT2D eigenvalue weighted by molar-refractivity contribution is 0.102. The molecule has 0 spiro atoms. The van der Waals surface area contributed by atoms with Gasteiger partial charge in [-0.15, -0.1) is 0 Å². The van der Waals surface area contributed by atoms with Gasteiger partial charge in [0.15, 0.2) is 0 Å². The van der Waals surface area contributed by atoms with Crippen LogP contribution in [0, 0.1) is 5.82 Å². The van der Waals surface area contributed by atoms with Crippen LogP contribution in [-0.2, 0) is 6.54 Å². The molecule has 6 nitrogen and oxygen atoms in total. The minimum absolute atomic E-state index is 0.0468. The number of pyridine rings is 2. The summed E-state index contributed by atoms with van der Waals surface area (Å²) in [6.45, 7) is -0.0468. The highest BCUT2D eigenvalue weighted by molar-refractivity contribution is 6.06. The summed E-state index contributed by atoms with van der Waals surface area (Å²) in [5.41, 5.74) is 0.513. The van der Waals surface area contributed by atoms with Crippen LogP contribution in [0.2, 0.25) is 0 Å². The maximum atomic E-state index is 14.2. The third-order valence-corrected chi connectivity index (χ3v) is 4.73. The van der Waals surface area contributed by atoms with Crippen LogP contribution in [0.5, 0.6) is 5.75 Å². The molecule has 0 radical (unpaired) electrons. The molecule has 0 unspecified atom stereocenters. The van der Waals surface area contributed by atoms with Gasteiger partial charge in [-0.25, -0.2) is 9.37 Å². The number of halogens is 1. The van der Waals surface area contributed by atoms with Crippen molar-refractivity contribution in [1.29, 1.82) is 0 Å². The van der Waals surface area contributed by atoms with E-state index in [1.165, 1.54) is 23.8 Å². The van der Waals surface area contributed by atoms with Gasteiger partial charge in [0.1, 0.15) is 22.8 Å². The average Bonchev–Trinajstić information content (AvgIpc) is 2.77. The van der Waals surface area contributed by atoms with Crippen molar-refractivity contribution in [2.75, 3.05) is 12.4 Å². The van der Waals surface area contributed by atoms with Crippen molar-refractivity contribution in [1.82, 2.24) is 9.55 Å². The summed E-state index contributed by atoms with van der Waals surface area (Å²) in [5.74, 6) is -0.546. The topological polar surface area (TPSA) is 73.2 Å². The highest BCUT2D eigenvalue weighted by atomic mass is 19.1. The molecule has 0 aliphatic rings. The van der Waals surface area contributed by atoms with Crippen molar-refractivity contribution < 1.29 is 13.9 Å². The minimum Gasteiger partial charge on any atom is -0.495 e. The fourth-order valence-corrected chi connectivity index (χ4v) is 3.25. The second-order valence-corrected chi connectivity index (χ2v) is 6.61. The second kappa shape index (κ2) is 8.16. The van der Waals surface area contributed by atoms with E-state index in [9.17, 15) is 14.0 Å². The molecule has 1 N–H and O–H groups in total. The largest absolute Gasteiger partial charge is 0.495 e. The van der Waals surface area contributed by atoms with Crippen molar-refractivity contribution >= 4 is 22.6 Å². The molecule has 0 fully saturated rings. The standard InChI is InChI=1S/C23H18FN3O3/c1-30-20-11-5-4-10-19(20)26-22(28)17-13-15-8-6-12-25-21(15)27(23(17)29)14-16-7-2-3-9-18(16)24/h2-13H,14H2,1H3,(H,26,28). The Morgan fingerprint density at radius 3 is 2.67 bits per heavy atom. The van der Waals surface area contributed by atoms with Gasteiger partial charge in [-0.3, -0.25) is 14.2 Å². The molecule has 2 heterocycles. The summed E-state index contributed by atoms with van der Waals surface area (Å²) >= 11 is 0. The third kappa shape index (κ3) is 3.65. The van der Waals surface area contributed by atoms with Gasteiger partial charge in [-0.1, -0.05) is 30.3 Å². The second-order valence-electron chi connectivity index (χ2n) is 6.61. The Morgan fingerprint density at radius 1 is 1.10 bits per heavy atom. The van der Waals surface area contributed by atoms with Crippen LogP contribution in [0.3, 0.4) is 0 Å². The number of benzene rings is 2. The number of hydrogen-bond acceptors (Lipinski definition) is 4. The van der Waals surface area contributed by atoms with Crippen LogP contribution >= 0.6 is 0 Å². The van der Waals surface area contributed by atoms with E-state index < -0.39 is 17.3 Å². The molecule has 0 atom stereocenters. The highest BCUT2D eigenvalue weighted by Crippen LogP contribution is 2.24. The number of fused-ring (bicyclic) bond motifs is 1. The molecule has 0 saturated heterocycles. The predicted molar refractivity (Wildman–Crippen MR) is 112 cm³/mol. The lowest BCUT2D eigenvalue weighted by Gasteiger charge is -2.14. The first-order chi connectivity index (χ1) is 14.6. The summed E-state index contributed by atoms with van der Waals surface area (Å²) in [6.07, 6.45) is 1.55. The predicted octanol–water partition coefficient (Wildman–Crippen LogP) is 3.84. The Labute approximate surface area is 171 Å². The summed E-state index contributed by atoms with van der Waals surface area (Å²) in [7, 11) is 1.49. The van der Waals surface area contributed by atoms with Crippen LogP contribution in [0.4, 0.5) is 10.1 Å². The normalized spacial score (nSPS) is 10.7. The zero-order valence-electron chi connectivity index (χ0n) is 16.1. The number of amides is 1. The highest BCUT2D eigenvalue weighted by Gasteiger charge is 2.18. The summed E-state index contributed by atoms with van der Waals surface area (Å²) in [4.78, 5) is 30.4. The molecule has 150 valence electrons. The van der Waals surface area contributed by atoms with Gasteiger partial charge in [0.25, 0.3) is 11.5 Å². The number of nitrogens with one attached hydrogen (secondary N) is 1. The van der Waals surface area contributed by atoms with E-state index in [1.54, 1.807) is 60.8 Å². The fraction of sp³-hybridized carbons (Fsp3) is 0.0870. The number of hydrogen-bond donors (Lipinski definition) is 1. The smallest absolute Gasteiger partial charge is 0.265 e. The van der Waals surface area contributed by atoms with E-state index in [0.717, 1.165) is 0 Å². The molecule has 2 aromatic carbocycles. The number of rotatable bonds is 5. The molecule has 4 rings (SSSR count). The van der Waals surface area contributed by atoms with Gasteiger partial charge in [-0.05, 0) is 36.4 Å². The van der Waals surface area contributed by atoms with Crippen molar-refractivity contribution in [2.45, 2.75) is 6.54 Å². The fourth-order valence-electron chi connectivity index (χ4n) is 3.25. The molecule has 30 heavy (non-hydrogen) atoms. The van der Waals surface area contributed by atoms with E-state index in [4.69, 9.17) is 4.74 Å². The average molecular weight is 403 g/mol. The monoisotopic (exact) mass is 403 g/mol. The Morgan fingerprint density at radius 2 is 1.87 bits per heavy atom. The zero-order chi connectivity index (χ0) is 21.1. The number of methoxy groups -OCH3 is 1. The molecule has 7 heteroatoms. The summed E-state index contributed by atoms with van der Waals surface area (Å²) < 4.78 is 20.8. The Kier molecular flexibility index (Phi) is 5.26. The van der Waals surface area contributed by atoms with E-state index in [2.05, 4.69) is 10.3 Å². The number of aromatic nitrogens is 2. The van der Waals surface area contributed by atoms with Gasteiger partial charge in [-0.2, -0.15) is 0 Å². The summed E-state index contributed by atoms with van der Waals surface area (Å²) in [5, 5.41) is 3.31. The molecule has 0 aliphatic carbocycles. The lowest BCUT2D eigenvalue weighted by atomic mass is 10.1. The van der Waals surface area contributed by atoms with Crippen LogP contribution in [0.15, 0.2) is 77.7 Å². The van der Waals surface area contributed by atoms with E-state index in [0.29, 0.717) is 28.0 Å². The first kappa shape index (κ1) is 19.3. The molecule has 1 amide bonds. The number of carbonyl (C=O) groups excluding carboxylic acids is 1. The number of para-hydroxylation sites is 2. The van der Waals surface area contributed by atoms with Crippen molar-refractivity contribution in [2.24, 2.45) is 0 Å². The van der Waals surface area contributed by atoms with Crippen molar-refractivity contribution in [3.05, 3.63) is 100 Å². The van der Waals surface area contributed by atoms with Crippen LogP contribution < -0.4 is 15.6 Å². The maximum absolute atomic E-state index is 14.2. The first-order valence-electron chi connectivity index (χ1n) is 9.25. The van der Waals surface area contributed by atoms with Crippen molar-refractivity contribution in [3.63, 3.8) is 0 Å². The molecular weight excluding hydrogens is 385 g/mol. The number of anilines is 1. The molecule has 0 saturated carbocycles. The Hall–Kier alpha value is -4.00. The number of carbonyl (C=O) groups is 1. The van der Waals surface area contributed by atoms with E-state index >= 15 is 0 Å². The lowest BCUT2D eigenvalue weighted by Crippen LogP contribution is -2.30. The van der Waals surface area contributed by atoms with Gasteiger partial charge >= 0.3 is 0 Å². The zero-order valence-corrected chi connectivity index (χ0v) is 16.1. The minimum atomic E-state index is -0.586. The third-order valence-electron chi connectivity index (χ3n) is 4.73. The van der Waals surface area contributed by atoms with E-state index in [1.807, 2.05) is 0 Å². The number of ether oxygens (including phenoxy) is 1. The van der Waals surface area contributed by atoms with Gasteiger partial charge < -0.3 is 10.1 Å².